The molecule has 0 aromatic carbocycles. The highest BCUT2D eigenvalue weighted by atomic mass is 32.2. The van der Waals surface area contributed by atoms with Crippen molar-refractivity contribution in [2.45, 2.75) is 102 Å². The van der Waals surface area contributed by atoms with Crippen molar-refractivity contribution in [1.29, 1.82) is 0 Å². The molecular formula is C26H42N4O4S. The third-order valence-corrected chi connectivity index (χ3v) is 10.1. The van der Waals surface area contributed by atoms with Crippen LogP contribution in [-0.4, -0.2) is 79.5 Å². The molecule has 3 fully saturated rings. The summed E-state index contributed by atoms with van der Waals surface area (Å²) in [6.45, 7) is 11.9. The monoisotopic (exact) mass is 506 g/mol. The molecule has 1 saturated carbocycles. The van der Waals surface area contributed by atoms with Crippen molar-refractivity contribution in [3.63, 3.8) is 0 Å². The van der Waals surface area contributed by atoms with Crippen molar-refractivity contribution in [1.82, 2.24) is 14.2 Å². The highest BCUT2D eigenvalue weighted by Crippen LogP contribution is 2.38. The largest absolute Gasteiger partial charge is 0.377 e. The third kappa shape index (κ3) is 5.23. The molecule has 2 saturated heterocycles. The minimum Gasteiger partial charge on any atom is -0.377 e. The minimum atomic E-state index is -3.92. The van der Waals surface area contributed by atoms with Crippen LogP contribution in [0.5, 0.6) is 0 Å². The Morgan fingerprint density at radius 2 is 1.74 bits per heavy atom. The van der Waals surface area contributed by atoms with Gasteiger partial charge in [0.25, 0.3) is 0 Å². The second kappa shape index (κ2) is 9.98. The summed E-state index contributed by atoms with van der Waals surface area (Å²) in [6, 6.07) is 2.92. The Morgan fingerprint density at radius 3 is 2.37 bits per heavy atom. The standard InChI is InChI=1S/C26H42N4O4S/c1-18-9-10-23(24(27-18)30-19(2)16-34-17-20(30)3)35(32,33)29-15-7-8-22(29)25(31)28(6)21-11-13-26(4,5)14-12-21/h9-10,19-22H,7-8,11-17H2,1-6H3/t19-,20-,22-/m0/s1. The fourth-order valence-corrected chi connectivity index (χ4v) is 7.70. The SMILES string of the molecule is Cc1ccc(S(=O)(=O)N2CCC[C@H]2C(=O)N(C)C2CCC(C)(C)CC2)c(N2[C@@H](C)COC[C@@H]2C)n1. The van der Waals surface area contributed by atoms with E-state index in [-0.39, 0.29) is 28.9 Å². The predicted molar refractivity (Wildman–Crippen MR) is 137 cm³/mol. The summed E-state index contributed by atoms with van der Waals surface area (Å²) in [6.07, 6.45) is 5.33. The molecule has 0 radical (unpaired) electrons. The lowest BCUT2D eigenvalue weighted by atomic mass is 9.75. The first kappa shape index (κ1) is 26.4. The fraction of sp³-hybridized carbons (Fsp3) is 0.769. The van der Waals surface area contributed by atoms with Crippen LogP contribution in [0, 0.1) is 12.3 Å². The summed E-state index contributed by atoms with van der Waals surface area (Å²) < 4.78 is 35.3. The summed E-state index contributed by atoms with van der Waals surface area (Å²) in [5.74, 6) is 0.389. The van der Waals surface area contributed by atoms with Crippen LogP contribution in [0.1, 0.15) is 71.9 Å². The van der Waals surface area contributed by atoms with Gasteiger partial charge >= 0.3 is 0 Å². The van der Waals surface area contributed by atoms with Gasteiger partial charge in [0.1, 0.15) is 16.8 Å². The van der Waals surface area contributed by atoms with Crippen molar-refractivity contribution in [2.24, 2.45) is 5.41 Å². The van der Waals surface area contributed by atoms with Gasteiger partial charge in [-0.2, -0.15) is 4.31 Å². The van der Waals surface area contributed by atoms with Gasteiger partial charge in [0.2, 0.25) is 15.9 Å². The molecule has 1 aromatic rings. The van der Waals surface area contributed by atoms with Crippen LogP contribution >= 0.6 is 0 Å². The van der Waals surface area contributed by atoms with E-state index in [4.69, 9.17) is 9.72 Å². The zero-order valence-electron chi connectivity index (χ0n) is 22.2. The Bertz CT molecular complexity index is 1020. The summed E-state index contributed by atoms with van der Waals surface area (Å²) in [4.78, 5) is 22.4. The first-order valence-electron chi connectivity index (χ1n) is 13.0. The van der Waals surface area contributed by atoms with Gasteiger partial charge in [-0.15, -0.1) is 0 Å². The van der Waals surface area contributed by atoms with Crippen molar-refractivity contribution in [2.75, 3.05) is 31.7 Å². The second-order valence-corrected chi connectivity index (χ2v) is 13.4. The molecule has 4 rings (SSSR count). The maximum atomic E-state index is 14.1. The van der Waals surface area contributed by atoms with Crippen molar-refractivity contribution in [3.05, 3.63) is 17.8 Å². The van der Waals surface area contributed by atoms with Gasteiger partial charge in [-0.3, -0.25) is 4.79 Å². The molecule has 3 atom stereocenters. The molecule has 3 heterocycles. The first-order valence-corrected chi connectivity index (χ1v) is 14.5. The van der Waals surface area contributed by atoms with Crippen LogP contribution < -0.4 is 4.90 Å². The molecule has 0 N–H and O–H groups in total. The number of rotatable bonds is 5. The average Bonchev–Trinajstić information content (AvgIpc) is 3.29. The highest BCUT2D eigenvalue weighted by molar-refractivity contribution is 7.89. The number of carbonyl (C=O) groups excluding carboxylic acids is 1. The van der Waals surface area contributed by atoms with Crippen LogP contribution in [0.3, 0.4) is 0 Å². The molecule has 1 aromatic heterocycles. The number of hydrogen-bond donors (Lipinski definition) is 0. The number of likely N-dealkylation sites (N-methyl/N-ethyl adjacent to an activating group) is 1. The van der Waals surface area contributed by atoms with Crippen molar-refractivity contribution in [3.8, 4) is 0 Å². The lowest BCUT2D eigenvalue weighted by molar-refractivity contribution is -0.136. The van der Waals surface area contributed by atoms with E-state index in [0.29, 0.717) is 43.8 Å². The molecule has 2 aliphatic heterocycles. The summed E-state index contributed by atoms with van der Waals surface area (Å²) >= 11 is 0. The van der Waals surface area contributed by atoms with Gasteiger partial charge < -0.3 is 14.5 Å². The van der Waals surface area contributed by atoms with E-state index in [1.165, 1.54) is 4.31 Å². The van der Waals surface area contributed by atoms with Crippen LogP contribution in [0.15, 0.2) is 17.0 Å². The number of sulfonamides is 1. The fourth-order valence-electron chi connectivity index (χ4n) is 5.93. The Balaban J connectivity index is 1.62. The van der Waals surface area contributed by atoms with Gasteiger partial charge in [0, 0.05) is 25.3 Å². The number of carbonyl (C=O) groups is 1. The molecule has 8 nitrogen and oxygen atoms in total. The number of anilines is 1. The second-order valence-electron chi connectivity index (χ2n) is 11.5. The van der Waals surface area contributed by atoms with Crippen molar-refractivity contribution >= 4 is 21.7 Å². The molecule has 1 aliphatic carbocycles. The Hall–Kier alpha value is -1.71. The highest BCUT2D eigenvalue weighted by Gasteiger charge is 2.44. The van der Waals surface area contributed by atoms with Crippen LogP contribution in [0.2, 0.25) is 0 Å². The molecule has 35 heavy (non-hydrogen) atoms. The van der Waals surface area contributed by atoms with E-state index in [2.05, 4.69) is 18.7 Å². The van der Waals surface area contributed by atoms with Crippen LogP contribution in [0.4, 0.5) is 5.82 Å². The quantitative estimate of drug-likeness (QED) is 0.607. The van der Waals surface area contributed by atoms with Gasteiger partial charge in [-0.25, -0.2) is 13.4 Å². The lowest BCUT2D eigenvalue weighted by Crippen LogP contribution is -2.52. The average molecular weight is 507 g/mol. The van der Waals surface area contributed by atoms with Crippen LogP contribution in [-0.2, 0) is 19.6 Å². The van der Waals surface area contributed by atoms with Crippen molar-refractivity contribution < 1.29 is 17.9 Å². The Morgan fingerprint density at radius 1 is 1.11 bits per heavy atom. The molecule has 0 spiro atoms. The molecule has 0 unspecified atom stereocenters. The number of aryl methyl sites for hydroxylation is 1. The van der Waals surface area contributed by atoms with Gasteiger partial charge in [-0.05, 0) is 76.8 Å². The zero-order chi connectivity index (χ0) is 25.5. The number of hydrogen-bond acceptors (Lipinski definition) is 6. The molecule has 3 aliphatic rings. The molecular weight excluding hydrogens is 464 g/mol. The Labute approximate surface area is 211 Å². The smallest absolute Gasteiger partial charge is 0.247 e. The topological polar surface area (TPSA) is 83.1 Å². The third-order valence-electron chi connectivity index (χ3n) is 8.17. The van der Waals surface area contributed by atoms with E-state index in [0.717, 1.165) is 31.4 Å². The summed E-state index contributed by atoms with van der Waals surface area (Å²) in [7, 11) is -2.07. The zero-order valence-corrected chi connectivity index (χ0v) is 23.0. The number of morpholine rings is 1. The normalized spacial score (nSPS) is 28.3. The lowest BCUT2D eigenvalue weighted by Gasteiger charge is -2.41. The molecule has 0 bridgehead atoms. The van der Waals surface area contributed by atoms with E-state index in [9.17, 15) is 13.2 Å². The number of aromatic nitrogens is 1. The predicted octanol–water partition coefficient (Wildman–Crippen LogP) is 3.58. The van der Waals surface area contributed by atoms with Gasteiger partial charge in [0.05, 0.1) is 25.3 Å². The van der Waals surface area contributed by atoms with E-state index in [1.54, 1.807) is 12.1 Å². The van der Waals surface area contributed by atoms with E-state index >= 15 is 0 Å². The number of ether oxygens (including phenoxy) is 1. The molecule has 1 amide bonds. The van der Waals surface area contributed by atoms with E-state index in [1.807, 2.05) is 32.7 Å². The summed E-state index contributed by atoms with van der Waals surface area (Å²) in [5, 5.41) is 0. The van der Waals surface area contributed by atoms with Gasteiger partial charge in [-0.1, -0.05) is 13.8 Å². The maximum absolute atomic E-state index is 14.1. The number of amides is 1. The summed E-state index contributed by atoms with van der Waals surface area (Å²) in [5.41, 5.74) is 1.07. The number of pyridine rings is 1. The van der Waals surface area contributed by atoms with Gasteiger partial charge in [0.15, 0.2) is 0 Å². The van der Waals surface area contributed by atoms with Crippen LogP contribution in [0.25, 0.3) is 0 Å². The molecule has 9 heteroatoms. The number of nitrogens with zero attached hydrogens (tertiary/aromatic N) is 4. The van der Waals surface area contributed by atoms with E-state index < -0.39 is 16.1 Å². The first-order chi connectivity index (χ1) is 16.4. The Kier molecular flexibility index (Phi) is 7.51. The minimum absolute atomic E-state index is 0.000285. The molecule has 196 valence electrons. The maximum Gasteiger partial charge on any atom is 0.247 e.